The van der Waals surface area contributed by atoms with Crippen LogP contribution in [0.15, 0.2) is 21.6 Å². The van der Waals surface area contributed by atoms with Gasteiger partial charge in [-0.2, -0.15) is 0 Å². The number of unbranched alkanes of at least 4 members (excludes halogenated alkanes) is 2. The first-order chi connectivity index (χ1) is 6.34. The standard InChI is InChI=1S/C10H16OS2/c1-3-4-5-8-12-13-10-6-7-11-9(10)2/h6-7H,3-5,8H2,1-2H3. The van der Waals surface area contributed by atoms with E-state index in [1.165, 1.54) is 29.9 Å². The van der Waals surface area contributed by atoms with Crippen molar-refractivity contribution in [3.8, 4) is 0 Å². The quantitative estimate of drug-likeness (QED) is 0.513. The topological polar surface area (TPSA) is 13.1 Å². The summed E-state index contributed by atoms with van der Waals surface area (Å²) >= 11 is 0. The van der Waals surface area contributed by atoms with E-state index in [0.29, 0.717) is 0 Å². The molecular formula is C10H16OS2. The van der Waals surface area contributed by atoms with E-state index in [4.69, 9.17) is 4.42 Å². The first-order valence-electron chi connectivity index (χ1n) is 4.68. The van der Waals surface area contributed by atoms with Crippen molar-refractivity contribution in [3.05, 3.63) is 18.1 Å². The van der Waals surface area contributed by atoms with Gasteiger partial charge in [-0.05, 0) is 19.4 Å². The lowest BCUT2D eigenvalue weighted by molar-refractivity contribution is 0.527. The van der Waals surface area contributed by atoms with Crippen LogP contribution in [0.1, 0.15) is 31.9 Å². The zero-order valence-electron chi connectivity index (χ0n) is 8.21. The van der Waals surface area contributed by atoms with Crippen LogP contribution in [0, 0.1) is 6.92 Å². The highest BCUT2D eigenvalue weighted by Crippen LogP contribution is 2.34. The van der Waals surface area contributed by atoms with E-state index < -0.39 is 0 Å². The van der Waals surface area contributed by atoms with E-state index >= 15 is 0 Å². The second kappa shape index (κ2) is 6.44. The van der Waals surface area contributed by atoms with Crippen molar-refractivity contribution in [2.75, 3.05) is 5.75 Å². The van der Waals surface area contributed by atoms with E-state index in [2.05, 4.69) is 6.92 Å². The normalized spacial score (nSPS) is 10.6. The SMILES string of the molecule is CCCCCSSc1ccoc1C. The maximum atomic E-state index is 5.21. The molecule has 74 valence electrons. The van der Waals surface area contributed by atoms with Crippen molar-refractivity contribution >= 4 is 21.6 Å². The molecule has 1 heterocycles. The highest BCUT2D eigenvalue weighted by atomic mass is 33.1. The van der Waals surface area contributed by atoms with Crippen LogP contribution in [0.4, 0.5) is 0 Å². The van der Waals surface area contributed by atoms with Crippen molar-refractivity contribution in [1.29, 1.82) is 0 Å². The Morgan fingerprint density at radius 3 is 2.85 bits per heavy atom. The second-order valence-corrected chi connectivity index (χ2v) is 5.41. The average molecular weight is 216 g/mol. The number of hydrogen-bond donors (Lipinski definition) is 0. The lowest BCUT2D eigenvalue weighted by Crippen LogP contribution is -1.76. The molecule has 0 aliphatic rings. The third-order valence-electron chi connectivity index (χ3n) is 1.79. The molecule has 0 amide bonds. The Labute approximate surface area is 88.1 Å². The van der Waals surface area contributed by atoms with E-state index in [-0.39, 0.29) is 0 Å². The summed E-state index contributed by atoms with van der Waals surface area (Å²) in [7, 11) is 3.75. The van der Waals surface area contributed by atoms with Gasteiger partial charge in [0.05, 0.1) is 11.2 Å². The average Bonchev–Trinajstić information content (AvgIpc) is 2.52. The third kappa shape index (κ3) is 4.14. The molecule has 1 aromatic heterocycles. The Bertz CT molecular complexity index is 233. The van der Waals surface area contributed by atoms with Gasteiger partial charge >= 0.3 is 0 Å². The Balaban J connectivity index is 2.10. The first kappa shape index (κ1) is 11.1. The molecular weight excluding hydrogens is 200 g/mol. The fourth-order valence-electron chi connectivity index (χ4n) is 0.976. The molecule has 1 aromatic rings. The molecule has 0 aromatic carbocycles. The largest absolute Gasteiger partial charge is 0.468 e. The number of rotatable bonds is 6. The molecule has 0 saturated carbocycles. The van der Waals surface area contributed by atoms with Crippen molar-refractivity contribution in [3.63, 3.8) is 0 Å². The summed E-state index contributed by atoms with van der Waals surface area (Å²) in [5, 5.41) is 0. The smallest absolute Gasteiger partial charge is 0.115 e. The van der Waals surface area contributed by atoms with Crippen LogP contribution in [0.2, 0.25) is 0 Å². The van der Waals surface area contributed by atoms with Crippen LogP contribution < -0.4 is 0 Å². The van der Waals surface area contributed by atoms with Gasteiger partial charge in [0.15, 0.2) is 0 Å². The van der Waals surface area contributed by atoms with E-state index in [1.54, 1.807) is 6.26 Å². The minimum atomic E-state index is 1.04. The van der Waals surface area contributed by atoms with Crippen LogP contribution in [-0.2, 0) is 0 Å². The molecule has 0 aliphatic heterocycles. The fourth-order valence-corrected chi connectivity index (χ4v) is 3.29. The molecule has 0 atom stereocenters. The van der Waals surface area contributed by atoms with Crippen LogP contribution in [0.25, 0.3) is 0 Å². The van der Waals surface area contributed by atoms with Gasteiger partial charge in [-0.3, -0.25) is 0 Å². The molecule has 0 unspecified atom stereocenters. The predicted molar refractivity (Wildman–Crippen MR) is 61.3 cm³/mol. The molecule has 1 rings (SSSR count). The minimum absolute atomic E-state index is 1.04. The first-order valence-corrected chi connectivity index (χ1v) is 7.00. The van der Waals surface area contributed by atoms with Gasteiger partial charge in [0.25, 0.3) is 0 Å². The van der Waals surface area contributed by atoms with Crippen molar-refractivity contribution in [2.45, 2.75) is 38.0 Å². The molecule has 0 radical (unpaired) electrons. The number of furan rings is 1. The molecule has 0 fully saturated rings. The Morgan fingerprint density at radius 2 is 2.23 bits per heavy atom. The lowest BCUT2D eigenvalue weighted by atomic mass is 10.3. The van der Waals surface area contributed by atoms with Crippen molar-refractivity contribution in [2.24, 2.45) is 0 Å². The van der Waals surface area contributed by atoms with Gasteiger partial charge < -0.3 is 4.42 Å². The molecule has 0 spiro atoms. The van der Waals surface area contributed by atoms with Crippen LogP contribution in [0.5, 0.6) is 0 Å². The van der Waals surface area contributed by atoms with E-state index in [0.717, 1.165) is 5.76 Å². The Kier molecular flexibility index (Phi) is 5.47. The summed E-state index contributed by atoms with van der Waals surface area (Å²) in [6, 6.07) is 2.03. The fraction of sp³-hybridized carbons (Fsp3) is 0.600. The summed E-state index contributed by atoms with van der Waals surface area (Å²) in [5.41, 5.74) is 0. The summed E-state index contributed by atoms with van der Waals surface area (Å²) < 4.78 is 5.21. The molecule has 13 heavy (non-hydrogen) atoms. The molecule has 0 N–H and O–H groups in total. The van der Waals surface area contributed by atoms with Gasteiger partial charge in [0.1, 0.15) is 5.76 Å². The maximum Gasteiger partial charge on any atom is 0.115 e. The Hall–Kier alpha value is -0.0200. The zero-order valence-corrected chi connectivity index (χ0v) is 9.84. The van der Waals surface area contributed by atoms with Crippen LogP contribution in [-0.4, -0.2) is 5.75 Å². The summed E-state index contributed by atoms with van der Waals surface area (Å²) in [5.74, 6) is 2.27. The summed E-state index contributed by atoms with van der Waals surface area (Å²) in [6.45, 7) is 4.24. The van der Waals surface area contributed by atoms with Crippen molar-refractivity contribution in [1.82, 2.24) is 0 Å². The highest BCUT2D eigenvalue weighted by Gasteiger charge is 2.01. The van der Waals surface area contributed by atoms with E-state index in [1.807, 2.05) is 34.6 Å². The minimum Gasteiger partial charge on any atom is -0.468 e. The van der Waals surface area contributed by atoms with Crippen molar-refractivity contribution < 1.29 is 4.42 Å². The molecule has 0 aliphatic carbocycles. The van der Waals surface area contributed by atoms with Gasteiger partial charge in [0.2, 0.25) is 0 Å². The monoisotopic (exact) mass is 216 g/mol. The van der Waals surface area contributed by atoms with Crippen LogP contribution >= 0.6 is 21.6 Å². The molecule has 3 heteroatoms. The van der Waals surface area contributed by atoms with Crippen LogP contribution in [0.3, 0.4) is 0 Å². The third-order valence-corrected chi connectivity index (χ3v) is 4.36. The molecule has 1 nitrogen and oxygen atoms in total. The van der Waals surface area contributed by atoms with Gasteiger partial charge in [-0.15, -0.1) is 0 Å². The molecule has 0 saturated heterocycles. The zero-order chi connectivity index (χ0) is 9.52. The van der Waals surface area contributed by atoms with E-state index in [9.17, 15) is 0 Å². The van der Waals surface area contributed by atoms with Gasteiger partial charge in [-0.1, -0.05) is 41.4 Å². The summed E-state index contributed by atoms with van der Waals surface area (Å²) in [6.07, 6.45) is 5.73. The lowest BCUT2D eigenvalue weighted by Gasteiger charge is -1.98. The number of hydrogen-bond acceptors (Lipinski definition) is 3. The molecule has 0 bridgehead atoms. The van der Waals surface area contributed by atoms with Gasteiger partial charge in [0, 0.05) is 5.75 Å². The maximum absolute atomic E-state index is 5.21. The second-order valence-electron chi connectivity index (χ2n) is 2.95. The highest BCUT2D eigenvalue weighted by molar-refractivity contribution is 8.76. The number of aryl methyl sites for hydroxylation is 1. The van der Waals surface area contributed by atoms with Gasteiger partial charge in [-0.25, -0.2) is 0 Å². The Morgan fingerprint density at radius 1 is 1.38 bits per heavy atom. The predicted octanol–water partition coefficient (Wildman–Crippen LogP) is 4.52. The summed E-state index contributed by atoms with van der Waals surface area (Å²) in [4.78, 5) is 1.27.